The minimum absolute atomic E-state index is 0.00116. The summed E-state index contributed by atoms with van der Waals surface area (Å²) in [5, 5.41) is 9.98. The molecule has 18 heavy (non-hydrogen) atoms. The molecule has 0 amide bonds. The van der Waals surface area contributed by atoms with Crippen molar-refractivity contribution in [2.24, 2.45) is 0 Å². The molecule has 2 rings (SSSR count). The van der Waals surface area contributed by atoms with Crippen LogP contribution in [0.15, 0.2) is 23.5 Å². The Bertz CT molecular complexity index is 642. The SMILES string of the molecule is CC(C)n1cc(NS(=O)(=O)c2cn[nH]c2N)cn1. The minimum atomic E-state index is -3.74. The average Bonchev–Trinajstić information content (AvgIpc) is 2.86. The van der Waals surface area contributed by atoms with Gasteiger partial charge >= 0.3 is 0 Å². The predicted molar refractivity (Wildman–Crippen MR) is 66.4 cm³/mol. The van der Waals surface area contributed by atoms with Gasteiger partial charge in [0.1, 0.15) is 10.7 Å². The van der Waals surface area contributed by atoms with Crippen LogP contribution in [0.4, 0.5) is 11.5 Å². The number of hydrogen-bond acceptors (Lipinski definition) is 5. The molecular formula is C9H14N6O2S. The van der Waals surface area contributed by atoms with Crippen molar-refractivity contribution in [2.45, 2.75) is 24.8 Å². The van der Waals surface area contributed by atoms with E-state index in [0.29, 0.717) is 5.69 Å². The zero-order chi connectivity index (χ0) is 13.3. The second-order valence-corrected chi connectivity index (χ2v) is 5.71. The van der Waals surface area contributed by atoms with Crippen LogP contribution in [0.1, 0.15) is 19.9 Å². The molecule has 2 heterocycles. The highest BCUT2D eigenvalue weighted by Crippen LogP contribution is 2.19. The largest absolute Gasteiger partial charge is 0.383 e. The molecule has 0 unspecified atom stereocenters. The van der Waals surface area contributed by atoms with Gasteiger partial charge in [0.05, 0.1) is 18.1 Å². The molecule has 9 heteroatoms. The van der Waals surface area contributed by atoms with E-state index in [9.17, 15) is 8.42 Å². The van der Waals surface area contributed by atoms with Crippen molar-refractivity contribution < 1.29 is 8.42 Å². The van der Waals surface area contributed by atoms with Crippen LogP contribution in [0.5, 0.6) is 0 Å². The summed E-state index contributed by atoms with van der Waals surface area (Å²) in [5.74, 6) is -0.00116. The van der Waals surface area contributed by atoms with Gasteiger partial charge < -0.3 is 5.73 Å². The van der Waals surface area contributed by atoms with E-state index in [1.165, 1.54) is 6.20 Å². The van der Waals surface area contributed by atoms with Crippen LogP contribution in [0.25, 0.3) is 0 Å². The maximum atomic E-state index is 12.0. The molecule has 4 N–H and O–H groups in total. The lowest BCUT2D eigenvalue weighted by atomic mass is 10.4. The predicted octanol–water partition coefficient (Wildman–Crippen LogP) is 0.570. The van der Waals surface area contributed by atoms with Crippen LogP contribution in [0.2, 0.25) is 0 Å². The van der Waals surface area contributed by atoms with E-state index in [0.717, 1.165) is 6.20 Å². The molecule has 0 radical (unpaired) electrons. The number of nitrogens with two attached hydrogens (primary N) is 1. The van der Waals surface area contributed by atoms with Gasteiger partial charge in [0.15, 0.2) is 0 Å². The summed E-state index contributed by atoms with van der Waals surface area (Å²) in [6.07, 6.45) is 4.21. The molecule has 2 aromatic heterocycles. The fourth-order valence-corrected chi connectivity index (χ4v) is 2.43. The summed E-state index contributed by atoms with van der Waals surface area (Å²) < 4.78 is 28.0. The monoisotopic (exact) mass is 270 g/mol. The first-order valence-corrected chi connectivity index (χ1v) is 6.74. The van der Waals surface area contributed by atoms with E-state index >= 15 is 0 Å². The number of hydrogen-bond donors (Lipinski definition) is 3. The molecule has 0 saturated heterocycles. The van der Waals surface area contributed by atoms with Gasteiger partial charge in [-0.05, 0) is 13.8 Å². The van der Waals surface area contributed by atoms with Crippen molar-refractivity contribution in [3.63, 3.8) is 0 Å². The van der Waals surface area contributed by atoms with Gasteiger partial charge in [-0.3, -0.25) is 14.5 Å². The number of anilines is 2. The average molecular weight is 270 g/mol. The third-order valence-electron chi connectivity index (χ3n) is 2.30. The first-order chi connectivity index (χ1) is 8.40. The van der Waals surface area contributed by atoms with Gasteiger partial charge in [0, 0.05) is 12.2 Å². The first kappa shape index (κ1) is 12.4. The summed E-state index contributed by atoms with van der Waals surface area (Å²) in [5.41, 5.74) is 5.85. The maximum Gasteiger partial charge on any atom is 0.267 e. The molecule has 0 aliphatic rings. The van der Waals surface area contributed by atoms with E-state index in [-0.39, 0.29) is 16.8 Å². The molecule has 8 nitrogen and oxygen atoms in total. The van der Waals surface area contributed by atoms with Crippen LogP contribution in [-0.2, 0) is 10.0 Å². The maximum absolute atomic E-state index is 12.0. The van der Waals surface area contributed by atoms with Gasteiger partial charge in [-0.15, -0.1) is 0 Å². The highest BCUT2D eigenvalue weighted by atomic mass is 32.2. The summed E-state index contributed by atoms with van der Waals surface area (Å²) in [6.45, 7) is 3.89. The van der Waals surface area contributed by atoms with Crippen LogP contribution < -0.4 is 10.5 Å². The first-order valence-electron chi connectivity index (χ1n) is 5.26. The highest BCUT2D eigenvalue weighted by Gasteiger charge is 2.20. The quantitative estimate of drug-likeness (QED) is 0.750. The molecule has 0 bridgehead atoms. The molecular weight excluding hydrogens is 256 g/mol. The van der Waals surface area contributed by atoms with Gasteiger partial charge in [0.2, 0.25) is 0 Å². The topological polar surface area (TPSA) is 119 Å². The van der Waals surface area contributed by atoms with E-state index < -0.39 is 10.0 Å². The van der Waals surface area contributed by atoms with Crippen LogP contribution in [-0.4, -0.2) is 28.4 Å². The lowest BCUT2D eigenvalue weighted by Crippen LogP contribution is -2.13. The summed E-state index contributed by atoms with van der Waals surface area (Å²) >= 11 is 0. The molecule has 0 aliphatic carbocycles. The number of nitrogen functional groups attached to an aromatic ring is 1. The van der Waals surface area contributed by atoms with Crippen molar-refractivity contribution in [3.8, 4) is 0 Å². The lowest BCUT2D eigenvalue weighted by molar-refractivity contribution is 0.532. The Morgan fingerprint density at radius 2 is 2.17 bits per heavy atom. The Morgan fingerprint density at radius 1 is 1.44 bits per heavy atom. The Balaban J connectivity index is 2.25. The molecule has 0 saturated carbocycles. The van der Waals surface area contributed by atoms with Gasteiger partial charge in [-0.2, -0.15) is 10.2 Å². The second-order valence-electron chi connectivity index (χ2n) is 4.06. The van der Waals surface area contributed by atoms with Crippen molar-refractivity contribution in [2.75, 3.05) is 10.5 Å². The Labute approximate surface area is 104 Å². The zero-order valence-corrected chi connectivity index (χ0v) is 10.8. The lowest BCUT2D eigenvalue weighted by Gasteiger charge is -2.05. The third-order valence-corrected chi connectivity index (χ3v) is 3.71. The fourth-order valence-electron chi connectivity index (χ4n) is 1.38. The van der Waals surface area contributed by atoms with Crippen LogP contribution in [0.3, 0.4) is 0 Å². The molecule has 0 fully saturated rings. The fraction of sp³-hybridized carbons (Fsp3) is 0.333. The molecule has 0 spiro atoms. The molecule has 98 valence electrons. The van der Waals surface area contributed by atoms with Crippen molar-refractivity contribution in [1.82, 2.24) is 20.0 Å². The summed E-state index contributed by atoms with van der Waals surface area (Å²) in [4.78, 5) is -0.0835. The molecule has 0 aromatic carbocycles. The normalized spacial score (nSPS) is 11.9. The minimum Gasteiger partial charge on any atom is -0.383 e. The number of nitrogens with one attached hydrogen (secondary N) is 2. The second kappa shape index (κ2) is 4.33. The standard InChI is InChI=1S/C9H14N6O2S/c1-6(2)15-5-7(3-12-15)14-18(16,17)8-4-11-13-9(8)10/h3-6,14H,1-2H3,(H3,10,11,13). The van der Waals surface area contributed by atoms with Gasteiger partial charge in [0.25, 0.3) is 10.0 Å². The Hall–Kier alpha value is -2.03. The van der Waals surface area contributed by atoms with E-state index in [4.69, 9.17) is 5.73 Å². The Kier molecular flexibility index (Phi) is 2.99. The molecule has 0 aliphatic heterocycles. The van der Waals surface area contributed by atoms with Gasteiger partial charge in [-0.25, -0.2) is 8.42 Å². The van der Waals surface area contributed by atoms with Crippen LogP contribution in [0, 0.1) is 0 Å². The third kappa shape index (κ3) is 2.30. The number of H-pyrrole nitrogens is 1. The number of nitrogens with zero attached hydrogens (tertiary/aromatic N) is 3. The van der Waals surface area contributed by atoms with E-state index in [1.54, 1.807) is 10.9 Å². The number of sulfonamides is 1. The van der Waals surface area contributed by atoms with Gasteiger partial charge in [-0.1, -0.05) is 0 Å². The number of aromatic nitrogens is 4. The number of rotatable bonds is 4. The Morgan fingerprint density at radius 3 is 2.67 bits per heavy atom. The molecule has 2 aromatic rings. The zero-order valence-electron chi connectivity index (χ0n) is 9.95. The van der Waals surface area contributed by atoms with Crippen molar-refractivity contribution in [3.05, 3.63) is 18.6 Å². The van der Waals surface area contributed by atoms with E-state index in [1.807, 2.05) is 13.8 Å². The van der Waals surface area contributed by atoms with Crippen LogP contribution >= 0.6 is 0 Å². The van der Waals surface area contributed by atoms with E-state index in [2.05, 4.69) is 20.0 Å². The van der Waals surface area contributed by atoms with Crippen molar-refractivity contribution >= 4 is 21.5 Å². The summed E-state index contributed by atoms with van der Waals surface area (Å²) in [6, 6.07) is 0.155. The smallest absolute Gasteiger partial charge is 0.267 e. The summed E-state index contributed by atoms with van der Waals surface area (Å²) in [7, 11) is -3.74. The number of aromatic amines is 1. The van der Waals surface area contributed by atoms with Crippen molar-refractivity contribution in [1.29, 1.82) is 0 Å². The highest BCUT2D eigenvalue weighted by molar-refractivity contribution is 7.92. The molecule has 0 atom stereocenters.